The fourth-order valence-electron chi connectivity index (χ4n) is 8.56. The van der Waals surface area contributed by atoms with Gasteiger partial charge in [0.25, 0.3) is 5.91 Å². The van der Waals surface area contributed by atoms with E-state index in [1.165, 1.54) is 5.56 Å². The molecule has 14 heteroatoms. The summed E-state index contributed by atoms with van der Waals surface area (Å²) >= 11 is 0. The number of aromatic hydroxyl groups is 1. The minimum absolute atomic E-state index is 0.130. The van der Waals surface area contributed by atoms with Gasteiger partial charge in [0.1, 0.15) is 11.8 Å². The van der Waals surface area contributed by atoms with Gasteiger partial charge in [0.2, 0.25) is 17.8 Å². The lowest BCUT2D eigenvalue weighted by atomic mass is 9.95. The number of allylic oxidation sites excluding steroid dienone is 1. The molecule has 55 heavy (non-hydrogen) atoms. The van der Waals surface area contributed by atoms with Crippen LogP contribution in [0, 0.1) is 5.92 Å². The van der Waals surface area contributed by atoms with Gasteiger partial charge >= 0.3 is 0 Å². The van der Waals surface area contributed by atoms with Crippen molar-refractivity contribution in [3.8, 4) is 17.0 Å². The summed E-state index contributed by atoms with van der Waals surface area (Å²) in [5.74, 6) is 1.41. The maximum absolute atomic E-state index is 13.0. The largest absolute Gasteiger partial charge is 0.507 e. The Balaban J connectivity index is 0.740. The van der Waals surface area contributed by atoms with Gasteiger partial charge in [-0.2, -0.15) is 0 Å². The van der Waals surface area contributed by atoms with Gasteiger partial charge in [-0.3, -0.25) is 19.7 Å². The number of phenolic OH excluding ortho intramolecular Hbond substituents is 1. The maximum Gasteiger partial charge on any atom is 0.255 e. The van der Waals surface area contributed by atoms with Gasteiger partial charge < -0.3 is 30.0 Å². The zero-order valence-corrected chi connectivity index (χ0v) is 30.6. The molecule has 2 aromatic heterocycles. The first-order chi connectivity index (χ1) is 26.9. The molecular formula is C41H44N10O4. The second kappa shape index (κ2) is 14.7. The fraction of sp³-hybridized carbons (Fsp3) is 0.390. The Bertz CT molecular complexity index is 2150. The fourth-order valence-corrected chi connectivity index (χ4v) is 8.56. The number of carbonyl (C=O) groups is 3. The number of carbonyl (C=O) groups excluding carboxylic acids is 3. The number of nitrogens with one attached hydrogen (secondary N) is 2. The highest BCUT2D eigenvalue weighted by molar-refractivity contribution is 6.05. The summed E-state index contributed by atoms with van der Waals surface area (Å²) in [6.07, 6.45) is 12.0. The van der Waals surface area contributed by atoms with Gasteiger partial charge in [-0.1, -0.05) is 36.4 Å². The number of phenols is 1. The third kappa shape index (κ3) is 7.09. The first-order valence-electron chi connectivity index (χ1n) is 19.3. The van der Waals surface area contributed by atoms with Crippen LogP contribution in [-0.2, 0) is 22.6 Å². The van der Waals surface area contributed by atoms with E-state index >= 15 is 0 Å². The van der Waals surface area contributed by atoms with Crippen molar-refractivity contribution in [1.29, 1.82) is 0 Å². The van der Waals surface area contributed by atoms with Gasteiger partial charge in [-0.05, 0) is 80.1 Å². The molecule has 0 spiro atoms. The summed E-state index contributed by atoms with van der Waals surface area (Å²) < 4.78 is 0. The van der Waals surface area contributed by atoms with Gasteiger partial charge in [-0.15, -0.1) is 10.2 Å². The van der Waals surface area contributed by atoms with Gasteiger partial charge in [0.05, 0.1) is 17.4 Å². The molecule has 0 aliphatic carbocycles. The standard InChI is InChI=1S/C41H44N10O4/c52-36-4-2-1-3-32(36)33-20-35-38(47-46-33)42-23-30-25-49(17-18-50(30)35)41-43-21-28(22-44-41)6-5-26-11-14-48(15-12-26)16-13-27-7-8-31-29(19-27)24-51(40(31)55)34-9-10-37(53)45-39(34)54/h1-8,19-22,26,30,34,52H,9-18,23-25H2,(H,42,47)(H,45,53,54)/b6-5+/t30-,34?/m0/s1. The van der Waals surface area contributed by atoms with Crippen molar-refractivity contribution in [1.82, 2.24) is 35.3 Å². The quantitative estimate of drug-likeness (QED) is 0.226. The Morgan fingerprint density at radius 2 is 1.73 bits per heavy atom. The third-order valence-electron chi connectivity index (χ3n) is 11.7. The van der Waals surface area contributed by atoms with Crippen LogP contribution in [0.15, 0.2) is 67.0 Å². The number of imide groups is 1. The molecule has 3 fully saturated rings. The number of nitrogens with zero attached hydrogens (tertiary/aromatic N) is 8. The number of hydrogen-bond donors (Lipinski definition) is 3. The molecule has 14 nitrogen and oxygen atoms in total. The van der Waals surface area contributed by atoms with Crippen molar-refractivity contribution < 1.29 is 19.5 Å². The molecule has 3 saturated heterocycles. The van der Waals surface area contributed by atoms with E-state index in [-0.39, 0.29) is 35.9 Å². The van der Waals surface area contributed by atoms with E-state index in [1.807, 2.05) is 42.7 Å². The SMILES string of the molecule is O=C1CCC(N2Cc3cc(CCN4CCC(/C=C/c5cnc(N6CCN7c8cc(-c9ccccc9O)nnc8NC[C@H]7C6)nc5)CC4)ccc3C2=O)C(=O)N1. The van der Waals surface area contributed by atoms with Gasteiger partial charge in [-0.25, -0.2) is 9.97 Å². The van der Waals surface area contributed by atoms with E-state index in [4.69, 9.17) is 9.97 Å². The monoisotopic (exact) mass is 740 g/mol. The van der Waals surface area contributed by atoms with E-state index < -0.39 is 6.04 Å². The van der Waals surface area contributed by atoms with Crippen LogP contribution < -0.4 is 20.4 Å². The number of rotatable bonds is 8. The molecule has 0 radical (unpaired) electrons. The van der Waals surface area contributed by atoms with Crippen molar-refractivity contribution >= 4 is 41.3 Å². The van der Waals surface area contributed by atoms with Crippen LogP contribution in [0.25, 0.3) is 17.3 Å². The van der Waals surface area contributed by atoms with Crippen molar-refractivity contribution in [2.45, 2.75) is 50.7 Å². The van der Waals surface area contributed by atoms with Crippen molar-refractivity contribution in [3.63, 3.8) is 0 Å². The molecule has 7 heterocycles. The Morgan fingerprint density at radius 3 is 2.55 bits per heavy atom. The van der Waals surface area contributed by atoms with E-state index in [9.17, 15) is 19.5 Å². The Hall–Kier alpha value is -5.89. The summed E-state index contributed by atoms with van der Waals surface area (Å²) in [6.45, 7) is 6.55. The van der Waals surface area contributed by atoms with Crippen molar-refractivity contribution in [2.24, 2.45) is 5.92 Å². The average molecular weight is 741 g/mol. The smallest absolute Gasteiger partial charge is 0.255 e. The van der Waals surface area contributed by atoms with E-state index in [0.717, 1.165) is 93.7 Å². The van der Waals surface area contributed by atoms with Crippen LogP contribution in [0.2, 0.25) is 0 Å². The van der Waals surface area contributed by atoms with Crippen LogP contribution in [0.5, 0.6) is 5.75 Å². The number of piperazine rings is 1. The van der Waals surface area contributed by atoms with Gasteiger partial charge in [0, 0.05) is 74.8 Å². The zero-order chi connectivity index (χ0) is 37.5. The number of para-hydroxylation sites is 1. The summed E-state index contributed by atoms with van der Waals surface area (Å²) in [6, 6.07) is 14.9. The number of benzene rings is 2. The van der Waals surface area contributed by atoms with Crippen LogP contribution in [-0.4, -0.2) is 111 Å². The molecule has 2 aromatic carbocycles. The Kier molecular flexibility index (Phi) is 9.34. The summed E-state index contributed by atoms with van der Waals surface area (Å²) in [5, 5.41) is 25.0. The zero-order valence-electron chi connectivity index (χ0n) is 30.6. The van der Waals surface area contributed by atoms with E-state index in [0.29, 0.717) is 35.7 Å². The minimum atomic E-state index is -0.588. The number of likely N-dealkylation sites (tertiary alicyclic amines) is 1. The van der Waals surface area contributed by atoms with Crippen LogP contribution >= 0.6 is 0 Å². The number of amides is 3. The van der Waals surface area contributed by atoms with Crippen molar-refractivity contribution in [3.05, 3.63) is 89.3 Å². The highest BCUT2D eigenvalue weighted by Crippen LogP contribution is 2.36. The number of fused-ring (bicyclic) bond motifs is 4. The first-order valence-corrected chi connectivity index (χ1v) is 19.3. The predicted octanol–water partition coefficient (Wildman–Crippen LogP) is 3.49. The second-order valence-electron chi connectivity index (χ2n) is 15.2. The van der Waals surface area contributed by atoms with E-state index in [1.54, 1.807) is 17.0 Å². The topological polar surface area (TPSA) is 160 Å². The average Bonchev–Trinajstić information content (AvgIpc) is 3.54. The first kappa shape index (κ1) is 34.9. The molecule has 5 aliphatic heterocycles. The highest BCUT2D eigenvalue weighted by Gasteiger charge is 2.39. The maximum atomic E-state index is 13.0. The molecule has 9 rings (SSSR count). The summed E-state index contributed by atoms with van der Waals surface area (Å²) in [5.41, 5.74) is 6.12. The van der Waals surface area contributed by atoms with Crippen LogP contribution in [0.3, 0.4) is 0 Å². The normalized spacial score (nSPS) is 21.7. The lowest BCUT2D eigenvalue weighted by Gasteiger charge is -2.45. The number of hydrogen-bond acceptors (Lipinski definition) is 12. The molecule has 1 unspecified atom stereocenters. The molecule has 4 aromatic rings. The lowest BCUT2D eigenvalue weighted by molar-refractivity contribution is -0.136. The van der Waals surface area contributed by atoms with Gasteiger partial charge in [0.15, 0.2) is 5.82 Å². The Morgan fingerprint density at radius 1 is 0.891 bits per heavy atom. The van der Waals surface area contributed by atoms with Crippen molar-refractivity contribution in [2.75, 3.05) is 60.9 Å². The molecule has 0 saturated carbocycles. The Labute approximate surface area is 319 Å². The molecule has 3 N–H and O–H groups in total. The van der Waals surface area contributed by atoms with Crippen LogP contribution in [0.1, 0.15) is 52.7 Å². The minimum Gasteiger partial charge on any atom is -0.507 e. The lowest BCUT2D eigenvalue weighted by Crippen LogP contribution is -2.58. The number of anilines is 3. The predicted molar refractivity (Wildman–Crippen MR) is 207 cm³/mol. The summed E-state index contributed by atoms with van der Waals surface area (Å²) in [7, 11) is 0. The molecule has 5 aliphatic rings. The molecule has 0 bridgehead atoms. The molecule has 2 atom stereocenters. The number of piperidine rings is 2. The van der Waals surface area contributed by atoms with E-state index in [2.05, 4.69) is 53.7 Å². The third-order valence-corrected chi connectivity index (χ3v) is 11.7. The van der Waals surface area contributed by atoms with Crippen LogP contribution in [0.4, 0.5) is 17.5 Å². The molecular weight excluding hydrogens is 697 g/mol. The molecule has 282 valence electrons. The molecule has 3 amide bonds. The number of aromatic nitrogens is 4. The summed E-state index contributed by atoms with van der Waals surface area (Å²) in [4.78, 5) is 55.3. The second-order valence-corrected chi connectivity index (χ2v) is 15.2. The highest BCUT2D eigenvalue weighted by atomic mass is 16.3.